The molecule has 3 aromatic rings. The molecule has 0 amide bonds. The summed E-state index contributed by atoms with van der Waals surface area (Å²) in [6, 6.07) is 20.9. The van der Waals surface area contributed by atoms with Crippen LogP contribution in [0, 0.1) is 73.9 Å². The molecular weight excluding hydrogens is 524 g/mol. The second kappa shape index (κ2) is 15.2. The van der Waals surface area contributed by atoms with Crippen molar-refractivity contribution in [3.8, 4) is 11.3 Å². The van der Waals surface area contributed by atoms with Crippen LogP contribution in [0.5, 0.6) is 0 Å². The van der Waals surface area contributed by atoms with Crippen LogP contribution in [0.4, 0.5) is 0 Å². The summed E-state index contributed by atoms with van der Waals surface area (Å²) in [5, 5.41) is 0. The minimum atomic E-state index is -4.94. The van der Waals surface area contributed by atoms with Gasteiger partial charge in [-0.05, 0) is 76.0 Å². The van der Waals surface area contributed by atoms with Gasteiger partial charge in [-0.2, -0.15) is 0 Å². The number of carbonyl (C=O) groups excluding carboxylic acids is 1. The summed E-state index contributed by atoms with van der Waals surface area (Å²) in [5.74, 6) is 1.58. The van der Waals surface area contributed by atoms with Crippen LogP contribution >= 0.6 is 0 Å². The van der Waals surface area contributed by atoms with Crippen LogP contribution < -0.4 is 18.6 Å². The van der Waals surface area contributed by atoms with Crippen LogP contribution in [-0.4, -0.2) is 5.78 Å². The molecule has 0 unspecified atom stereocenters. The number of benzene rings is 2. The zero-order chi connectivity index (χ0) is 25.1. The van der Waals surface area contributed by atoms with Gasteiger partial charge in [0.15, 0.2) is 0 Å². The molecule has 2 aromatic carbocycles. The molecule has 0 aliphatic heterocycles. The quantitative estimate of drug-likeness (QED) is 0.279. The molecular formula is C28H21ClFeO6. The van der Waals surface area contributed by atoms with Crippen molar-refractivity contribution in [1.82, 2.24) is 0 Å². The Labute approximate surface area is 225 Å². The summed E-state index contributed by atoms with van der Waals surface area (Å²) in [4.78, 5) is 13.1. The van der Waals surface area contributed by atoms with Gasteiger partial charge in [-0.15, -0.1) is 10.2 Å². The number of ketones is 1. The molecule has 0 saturated heterocycles. The van der Waals surface area contributed by atoms with E-state index in [-0.39, 0.29) is 22.9 Å². The Balaban J connectivity index is 0.000000350. The minimum Gasteiger partial charge on any atom is -0.288 e. The summed E-state index contributed by atoms with van der Waals surface area (Å²) >= 11 is 0. The van der Waals surface area contributed by atoms with Crippen LogP contribution in [0.2, 0.25) is 0 Å². The van der Waals surface area contributed by atoms with Crippen LogP contribution in [0.1, 0.15) is 21.5 Å². The molecule has 184 valence electrons. The molecule has 0 atom stereocenters. The Bertz CT molecular complexity index is 1030. The summed E-state index contributed by atoms with van der Waals surface area (Å²) in [6.45, 7) is 0. The van der Waals surface area contributed by atoms with Crippen molar-refractivity contribution < 1.29 is 55.2 Å². The Morgan fingerprint density at radius 3 is 1.64 bits per heavy atom. The first kappa shape index (κ1) is 30.1. The molecule has 2 aliphatic rings. The van der Waals surface area contributed by atoms with Crippen LogP contribution in [0.3, 0.4) is 0 Å². The SMILES string of the molecule is O=C(c1ccccc1)c1cc([C]2[CH][CH][CH][CH]2)c[o+]c1-c1ccccc1.[CH]1[CH][CH][CH][CH]1.[Fe].[O-][Cl+3]([O-])([O-])[O-]. The van der Waals surface area contributed by atoms with E-state index < -0.39 is 10.2 Å². The summed E-state index contributed by atoms with van der Waals surface area (Å²) < 4.78 is 39.9. The number of hydrogen-bond acceptors (Lipinski definition) is 5. The smallest absolute Gasteiger partial charge is 0.288 e. The van der Waals surface area contributed by atoms with Gasteiger partial charge in [0, 0.05) is 28.6 Å². The van der Waals surface area contributed by atoms with E-state index in [4.69, 9.17) is 23.1 Å². The minimum absolute atomic E-state index is 0. The number of rotatable bonds is 4. The predicted octanol–water partition coefficient (Wildman–Crippen LogP) is 1.48. The molecule has 1 aromatic heterocycles. The van der Waals surface area contributed by atoms with Crippen molar-refractivity contribution >= 4 is 5.78 Å². The standard InChI is InChI=1S/C23H16O2.C5H5.ClHO4.Fe/c24-22(18-11-3-1-4-12-18)21-15-20(17-9-7-8-10-17)16-25-23(21)19-13-5-2-6-14-19;1-2-4-5-3-1;2-1(3,4)5;/h1-16H;1-5H;(H,2,3,4,5);/q+1;;;/p-1. The molecule has 5 rings (SSSR count). The average Bonchev–Trinajstić information content (AvgIpc) is 3.61. The van der Waals surface area contributed by atoms with Gasteiger partial charge in [0.05, 0.1) is 11.1 Å². The molecule has 0 bridgehead atoms. The van der Waals surface area contributed by atoms with Crippen molar-refractivity contribution in [3.05, 3.63) is 153 Å². The maximum Gasteiger partial charge on any atom is 0.370 e. The van der Waals surface area contributed by atoms with Gasteiger partial charge < -0.3 is 0 Å². The van der Waals surface area contributed by atoms with Gasteiger partial charge >= 0.3 is 12.0 Å². The maximum absolute atomic E-state index is 13.1. The Morgan fingerprint density at radius 1 is 0.667 bits per heavy atom. The number of hydrogen-bond donors (Lipinski definition) is 0. The van der Waals surface area contributed by atoms with Crippen LogP contribution in [0.25, 0.3) is 11.3 Å². The van der Waals surface area contributed by atoms with Gasteiger partial charge in [0.25, 0.3) is 0 Å². The van der Waals surface area contributed by atoms with E-state index in [1.165, 1.54) is 0 Å². The molecule has 10 radical (unpaired) electrons. The molecule has 2 fully saturated rings. The Kier molecular flexibility index (Phi) is 12.7. The van der Waals surface area contributed by atoms with Gasteiger partial charge in [-0.1, -0.05) is 48.5 Å². The van der Waals surface area contributed by atoms with Crippen molar-refractivity contribution in [1.29, 1.82) is 0 Å². The Hall–Kier alpha value is -2.09. The molecule has 2 aliphatic carbocycles. The van der Waals surface area contributed by atoms with Crippen LogP contribution in [0.15, 0.2) is 77.4 Å². The third kappa shape index (κ3) is 10.1. The first-order valence-corrected chi connectivity index (χ1v) is 11.7. The van der Waals surface area contributed by atoms with E-state index in [0.717, 1.165) is 17.0 Å². The fraction of sp³-hybridized carbons (Fsp3) is 0. The zero-order valence-corrected chi connectivity index (χ0v) is 20.7. The third-order valence-electron chi connectivity index (χ3n) is 4.72. The van der Waals surface area contributed by atoms with Crippen molar-refractivity contribution in [3.63, 3.8) is 0 Å². The first-order valence-electron chi connectivity index (χ1n) is 10.4. The fourth-order valence-electron chi connectivity index (χ4n) is 3.21. The van der Waals surface area contributed by atoms with E-state index in [9.17, 15) is 4.79 Å². The van der Waals surface area contributed by atoms with Gasteiger partial charge in [0.1, 0.15) is 5.56 Å². The monoisotopic (exact) mass is 544 g/mol. The van der Waals surface area contributed by atoms with Crippen LogP contribution in [-0.2, 0) is 17.1 Å². The van der Waals surface area contributed by atoms with Crippen molar-refractivity contribution in [2.45, 2.75) is 0 Å². The van der Waals surface area contributed by atoms with Gasteiger partial charge in [0.2, 0.25) is 5.78 Å². The predicted molar refractivity (Wildman–Crippen MR) is 119 cm³/mol. The second-order valence-electron chi connectivity index (χ2n) is 7.15. The zero-order valence-electron chi connectivity index (χ0n) is 18.8. The molecule has 8 heteroatoms. The van der Waals surface area contributed by atoms with E-state index in [1.54, 1.807) is 6.26 Å². The molecule has 2 saturated carbocycles. The average molecular weight is 545 g/mol. The third-order valence-corrected chi connectivity index (χ3v) is 4.72. The number of halogens is 1. The largest absolute Gasteiger partial charge is 0.370 e. The fourth-order valence-corrected chi connectivity index (χ4v) is 3.21. The molecule has 36 heavy (non-hydrogen) atoms. The Morgan fingerprint density at radius 2 is 1.14 bits per heavy atom. The number of carbonyl (C=O) groups is 1. The topological polar surface area (TPSA) is 121 Å². The summed E-state index contributed by atoms with van der Waals surface area (Å²) in [5.41, 5.74) is 2.99. The van der Waals surface area contributed by atoms with E-state index in [0.29, 0.717) is 16.9 Å². The van der Waals surface area contributed by atoms with Crippen molar-refractivity contribution in [2.24, 2.45) is 0 Å². The molecule has 0 N–H and O–H groups in total. The maximum atomic E-state index is 13.1. The van der Waals surface area contributed by atoms with E-state index in [2.05, 4.69) is 0 Å². The molecule has 6 nitrogen and oxygen atoms in total. The molecule has 1 heterocycles. The normalized spacial score (nSPS) is 15.1. The summed E-state index contributed by atoms with van der Waals surface area (Å²) in [6.07, 6.45) is 19.7. The summed E-state index contributed by atoms with van der Waals surface area (Å²) in [7, 11) is -4.94. The molecule has 0 spiro atoms. The van der Waals surface area contributed by atoms with Gasteiger partial charge in [-0.25, -0.2) is 23.1 Å². The van der Waals surface area contributed by atoms with Crippen molar-refractivity contribution in [2.75, 3.05) is 0 Å². The van der Waals surface area contributed by atoms with Gasteiger partial charge in [-0.3, -0.25) is 4.79 Å². The second-order valence-corrected chi connectivity index (χ2v) is 7.91. The van der Waals surface area contributed by atoms with E-state index in [1.807, 2.05) is 125 Å². The first-order chi connectivity index (χ1) is 16.8. The van der Waals surface area contributed by atoms with E-state index >= 15 is 0 Å².